The highest BCUT2D eigenvalue weighted by Gasteiger charge is 2.07. The molecule has 100 valence electrons. The molecule has 2 aromatic rings. The Morgan fingerprint density at radius 3 is 2.53 bits per heavy atom. The van der Waals surface area contributed by atoms with Crippen LogP contribution in [0.5, 0.6) is 0 Å². The van der Waals surface area contributed by atoms with Gasteiger partial charge in [0.2, 0.25) is 5.95 Å². The first-order valence-corrected chi connectivity index (χ1v) is 6.49. The molecule has 0 atom stereocenters. The molecule has 0 amide bonds. The summed E-state index contributed by atoms with van der Waals surface area (Å²) in [5.74, 6) is 1.91. The van der Waals surface area contributed by atoms with Gasteiger partial charge in [-0.05, 0) is 24.5 Å². The minimum Gasteiger partial charge on any atom is -0.357 e. The molecular formula is C15H20N4. The number of aryl methyl sites for hydroxylation is 1. The zero-order valence-electron chi connectivity index (χ0n) is 11.9. The van der Waals surface area contributed by atoms with Gasteiger partial charge in [-0.25, -0.2) is 4.98 Å². The van der Waals surface area contributed by atoms with Gasteiger partial charge in [0.05, 0.1) is 0 Å². The highest BCUT2D eigenvalue weighted by atomic mass is 15.1. The average Bonchev–Trinajstić information content (AvgIpc) is 2.38. The zero-order chi connectivity index (χ0) is 13.8. The Kier molecular flexibility index (Phi) is 4.00. The van der Waals surface area contributed by atoms with Gasteiger partial charge in [0.1, 0.15) is 5.82 Å². The summed E-state index contributed by atoms with van der Waals surface area (Å²) < 4.78 is 0. The third kappa shape index (κ3) is 3.22. The van der Waals surface area contributed by atoms with Crippen molar-refractivity contribution in [1.82, 2.24) is 9.97 Å². The quantitative estimate of drug-likeness (QED) is 0.876. The zero-order valence-corrected chi connectivity index (χ0v) is 11.9. The van der Waals surface area contributed by atoms with Crippen molar-refractivity contribution in [3.8, 4) is 0 Å². The van der Waals surface area contributed by atoms with Gasteiger partial charge in [0, 0.05) is 24.5 Å². The van der Waals surface area contributed by atoms with E-state index in [1.807, 2.05) is 26.1 Å². The molecule has 2 rings (SSSR count). The van der Waals surface area contributed by atoms with E-state index in [0.717, 1.165) is 17.2 Å². The second kappa shape index (κ2) is 5.69. The van der Waals surface area contributed by atoms with Crippen LogP contribution in [0, 0.1) is 6.92 Å². The molecule has 0 aliphatic rings. The van der Waals surface area contributed by atoms with Crippen molar-refractivity contribution in [2.45, 2.75) is 26.7 Å². The van der Waals surface area contributed by atoms with Crippen LogP contribution in [0.2, 0.25) is 0 Å². The second-order valence-corrected chi connectivity index (χ2v) is 4.84. The van der Waals surface area contributed by atoms with Gasteiger partial charge in [0.15, 0.2) is 0 Å². The largest absolute Gasteiger partial charge is 0.357 e. The van der Waals surface area contributed by atoms with E-state index in [4.69, 9.17) is 0 Å². The number of nitrogens with zero attached hydrogens (tertiary/aromatic N) is 2. The smallest absolute Gasteiger partial charge is 0.224 e. The number of anilines is 3. The first-order valence-electron chi connectivity index (χ1n) is 6.49. The second-order valence-electron chi connectivity index (χ2n) is 4.84. The molecule has 0 radical (unpaired) electrons. The van der Waals surface area contributed by atoms with Gasteiger partial charge in [-0.2, -0.15) is 4.98 Å². The number of benzene rings is 1. The summed E-state index contributed by atoms with van der Waals surface area (Å²) in [6, 6.07) is 10.2. The lowest BCUT2D eigenvalue weighted by atomic mass is 10.0. The van der Waals surface area contributed by atoms with Crippen LogP contribution < -0.4 is 10.6 Å². The van der Waals surface area contributed by atoms with Crippen molar-refractivity contribution in [2.75, 3.05) is 17.7 Å². The van der Waals surface area contributed by atoms with Crippen molar-refractivity contribution in [3.05, 3.63) is 41.6 Å². The van der Waals surface area contributed by atoms with E-state index in [1.54, 1.807) is 0 Å². The minimum absolute atomic E-state index is 0.468. The van der Waals surface area contributed by atoms with Crippen molar-refractivity contribution in [3.63, 3.8) is 0 Å². The summed E-state index contributed by atoms with van der Waals surface area (Å²) in [5.41, 5.74) is 3.31. The summed E-state index contributed by atoms with van der Waals surface area (Å²) in [6.07, 6.45) is 0. The summed E-state index contributed by atoms with van der Waals surface area (Å²) in [6.45, 7) is 6.33. The molecular weight excluding hydrogens is 236 g/mol. The van der Waals surface area contributed by atoms with Gasteiger partial charge in [-0.1, -0.05) is 32.0 Å². The van der Waals surface area contributed by atoms with Crippen LogP contribution >= 0.6 is 0 Å². The van der Waals surface area contributed by atoms with Crippen molar-refractivity contribution in [2.24, 2.45) is 0 Å². The molecule has 2 N–H and O–H groups in total. The summed E-state index contributed by atoms with van der Waals surface area (Å²) in [7, 11) is 1.82. The first-order chi connectivity index (χ1) is 9.10. The standard InChI is InChI=1S/C15H20N4/c1-10(2)12-7-5-6-8-13(12)18-14-9-11(3)17-15(16-4)19-14/h5-10H,1-4H3,(H2,16,17,18,19). The number of nitrogens with one attached hydrogen (secondary N) is 2. The predicted octanol–water partition coefficient (Wildman–Crippen LogP) is 3.69. The number of rotatable bonds is 4. The van der Waals surface area contributed by atoms with Gasteiger partial charge < -0.3 is 10.6 Å². The number of hydrogen-bond acceptors (Lipinski definition) is 4. The molecule has 0 saturated carbocycles. The Morgan fingerprint density at radius 2 is 1.84 bits per heavy atom. The molecule has 0 unspecified atom stereocenters. The van der Waals surface area contributed by atoms with Gasteiger partial charge in [-0.15, -0.1) is 0 Å². The van der Waals surface area contributed by atoms with E-state index in [0.29, 0.717) is 11.9 Å². The molecule has 0 bridgehead atoms. The van der Waals surface area contributed by atoms with Crippen LogP contribution in [0.1, 0.15) is 31.0 Å². The Hall–Kier alpha value is -2.10. The molecule has 1 aromatic heterocycles. The molecule has 1 aromatic carbocycles. The molecule has 0 aliphatic carbocycles. The van der Waals surface area contributed by atoms with Crippen LogP contribution in [-0.2, 0) is 0 Å². The maximum atomic E-state index is 4.41. The Labute approximate surface area is 114 Å². The third-order valence-corrected chi connectivity index (χ3v) is 2.92. The Balaban J connectivity index is 2.33. The van der Waals surface area contributed by atoms with Crippen molar-refractivity contribution >= 4 is 17.5 Å². The molecule has 0 fully saturated rings. The van der Waals surface area contributed by atoms with Crippen LogP contribution in [0.15, 0.2) is 30.3 Å². The highest BCUT2D eigenvalue weighted by Crippen LogP contribution is 2.26. The minimum atomic E-state index is 0.468. The molecule has 19 heavy (non-hydrogen) atoms. The van der Waals surface area contributed by atoms with E-state index in [1.165, 1.54) is 5.56 Å². The van der Waals surface area contributed by atoms with E-state index in [-0.39, 0.29) is 0 Å². The van der Waals surface area contributed by atoms with Crippen LogP contribution in [0.25, 0.3) is 0 Å². The lowest BCUT2D eigenvalue weighted by molar-refractivity contribution is 0.869. The number of para-hydroxylation sites is 1. The van der Waals surface area contributed by atoms with Crippen LogP contribution in [0.3, 0.4) is 0 Å². The molecule has 0 saturated heterocycles. The monoisotopic (exact) mass is 256 g/mol. The Morgan fingerprint density at radius 1 is 1.11 bits per heavy atom. The molecule has 0 aliphatic heterocycles. The van der Waals surface area contributed by atoms with Crippen LogP contribution in [-0.4, -0.2) is 17.0 Å². The van der Waals surface area contributed by atoms with Crippen LogP contribution in [0.4, 0.5) is 17.5 Å². The van der Waals surface area contributed by atoms with Crippen molar-refractivity contribution < 1.29 is 0 Å². The topological polar surface area (TPSA) is 49.8 Å². The Bertz CT molecular complexity index is 564. The predicted molar refractivity (Wildman–Crippen MR) is 80.1 cm³/mol. The molecule has 4 heteroatoms. The molecule has 0 spiro atoms. The first kappa shape index (κ1) is 13.3. The van der Waals surface area contributed by atoms with Crippen molar-refractivity contribution in [1.29, 1.82) is 0 Å². The van der Waals surface area contributed by atoms with Gasteiger partial charge in [-0.3, -0.25) is 0 Å². The summed E-state index contributed by atoms with van der Waals surface area (Å²) in [5, 5.41) is 6.35. The SMILES string of the molecule is CNc1nc(C)cc(Nc2ccccc2C(C)C)n1. The third-order valence-electron chi connectivity index (χ3n) is 2.92. The fourth-order valence-electron chi connectivity index (χ4n) is 2.00. The highest BCUT2D eigenvalue weighted by molar-refractivity contribution is 5.62. The lowest BCUT2D eigenvalue weighted by Crippen LogP contribution is -2.03. The number of aromatic nitrogens is 2. The van der Waals surface area contributed by atoms with E-state index in [2.05, 4.69) is 52.6 Å². The normalized spacial score (nSPS) is 10.6. The van der Waals surface area contributed by atoms with E-state index < -0.39 is 0 Å². The fraction of sp³-hybridized carbons (Fsp3) is 0.333. The maximum absolute atomic E-state index is 4.41. The average molecular weight is 256 g/mol. The van der Waals surface area contributed by atoms with Gasteiger partial charge >= 0.3 is 0 Å². The maximum Gasteiger partial charge on any atom is 0.224 e. The number of hydrogen-bond donors (Lipinski definition) is 2. The molecule has 1 heterocycles. The lowest BCUT2D eigenvalue weighted by Gasteiger charge is -2.14. The summed E-state index contributed by atoms with van der Waals surface area (Å²) in [4.78, 5) is 8.70. The summed E-state index contributed by atoms with van der Waals surface area (Å²) >= 11 is 0. The van der Waals surface area contributed by atoms with Gasteiger partial charge in [0.25, 0.3) is 0 Å². The fourth-order valence-corrected chi connectivity index (χ4v) is 2.00. The van der Waals surface area contributed by atoms with E-state index in [9.17, 15) is 0 Å². The molecule has 4 nitrogen and oxygen atoms in total. The van der Waals surface area contributed by atoms with E-state index >= 15 is 0 Å².